The fourth-order valence-electron chi connectivity index (χ4n) is 1.67. The molecule has 0 aliphatic carbocycles. The van der Waals surface area contributed by atoms with Crippen LogP contribution in [0.25, 0.3) is 0 Å². The molecule has 0 amide bonds. The van der Waals surface area contributed by atoms with E-state index in [9.17, 15) is 0 Å². The Labute approximate surface area is 119 Å². The van der Waals surface area contributed by atoms with Gasteiger partial charge in [-0.15, -0.1) is 11.6 Å². The van der Waals surface area contributed by atoms with Gasteiger partial charge in [-0.25, -0.2) is 0 Å². The average Bonchev–Trinajstić information content (AvgIpc) is 2.81. The van der Waals surface area contributed by atoms with Gasteiger partial charge in [-0.2, -0.15) is 11.3 Å². The first-order valence-electron chi connectivity index (χ1n) is 5.19. The first-order chi connectivity index (χ1) is 8.20. The summed E-state index contributed by atoms with van der Waals surface area (Å²) in [5, 5.41) is 4.13. The molecule has 0 N–H and O–H groups in total. The fourth-order valence-corrected chi connectivity index (χ4v) is 3.05. The summed E-state index contributed by atoms with van der Waals surface area (Å²) in [4.78, 5) is 0. The lowest BCUT2D eigenvalue weighted by Gasteiger charge is -2.13. The van der Waals surface area contributed by atoms with E-state index in [2.05, 4.69) is 32.8 Å². The van der Waals surface area contributed by atoms with Crippen molar-refractivity contribution in [3.63, 3.8) is 0 Å². The Balaban J connectivity index is 2.21. The zero-order valence-corrected chi connectivity index (χ0v) is 12.5. The Morgan fingerprint density at radius 3 is 2.88 bits per heavy atom. The topological polar surface area (TPSA) is 9.23 Å². The number of thiophene rings is 1. The molecule has 4 heteroatoms. The number of hydrogen-bond donors (Lipinski definition) is 0. The summed E-state index contributed by atoms with van der Waals surface area (Å²) in [6, 6.07) is 8.04. The van der Waals surface area contributed by atoms with Crippen molar-refractivity contribution in [2.24, 2.45) is 0 Å². The molecule has 0 aliphatic heterocycles. The molecular weight excluding hydrogens is 320 g/mol. The van der Waals surface area contributed by atoms with Crippen molar-refractivity contribution in [3.05, 3.63) is 50.6 Å². The quantitative estimate of drug-likeness (QED) is 0.713. The molecule has 1 aromatic heterocycles. The van der Waals surface area contributed by atoms with Gasteiger partial charge in [0.25, 0.3) is 0 Å². The number of methoxy groups -OCH3 is 1. The first kappa shape index (κ1) is 12.9. The molecule has 1 atom stereocenters. The molecule has 1 aromatic carbocycles. The third-order valence-corrected chi connectivity index (χ3v) is 4.14. The van der Waals surface area contributed by atoms with Gasteiger partial charge in [0.05, 0.1) is 12.5 Å². The number of hydrogen-bond acceptors (Lipinski definition) is 2. The molecule has 0 saturated heterocycles. The highest BCUT2D eigenvalue weighted by Crippen LogP contribution is 2.34. The summed E-state index contributed by atoms with van der Waals surface area (Å²) >= 11 is 11.6. The summed E-state index contributed by atoms with van der Waals surface area (Å²) < 4.78 is 6.35. The highest BCUT2D eigenvalue weighted by Gasteiger charge is 2.14. The first-order valence-corrected chi connectivity index (χ1v) is 7.36. The monoisotopic (exact) mass is 330 g/mol. The van der Waals surface area contributed by atoms with E-state index < -0.39 is 0 Å². The number of alkyl halides is 1. The van der Waals surface area contributed by atoms with Gasteiger partial charge in [0, 0.05) is 10.0 Å². The van der Waals surface area contributed by atoms with Crippen LogP contribution >= 0.6 is 38.9 Å². The van der Waals surface area contributed by atoms with Crippen LogP contribution in [-0.4, -0.2) is 7.11 Å². The minimum atomic E-state index is -0.0624. The van der Waals surface area contributed by atoms with Crippen LogP contribution in [0.3, 0.4) is 0 Å². The molecule has 0 fully saturated rings. The molecule has 1 unspecified atom stereocenters. The summed E-state index contributed by atoms with van der Waals surface area (Å²) in [6.45, 7) is 0. The normalized spacial score (nSPS) is 12.4. The zero-order valence-electron chi connectivity index (χ0n) is 9.32. The van der Waals surface area contributed by atoms with Gasteiger partial charge in [-0.05, 0) is 40.9 Å². The predicted molar refractivity (Wildman–Crippen MR) is 77.3 cm³/mol. The fraction of sp³-hybridized carbons (Fsp3) is 0.231. The second-order valence-corrected chi connectivity index (χ2v) is 5.91. The molecule has 0 aliphatic rings. The van der Waals surface area contributed by atoms with Gasteiger partial charge >= 0.3 is 0 Å². The average molecular weight is 332 g/mol. The Hall–Kier alpha value is -0.510. The van der Waals surface area contributed by atoms with Crippen molar-refractivity contribution >= 4 is 38.9 Å². The molecule has 0 spiro atoms. The van der Waals surface area contributed by atoms with E-state index in [0.29, 0.717) is 0 Å². The lowest BCUT2D eigenvalue weighted by atomic mass is 10.1. The Kier molecular flexibility index (Phi) is 4.48. The van der Waals surface area contributed by atoms with Crippen molar-refractivity contribution in [1.29, 1.82) is 0 Å². The summed E-state index contributed by atoms with van der Waals surface area (Å²) in [5.41, 5.74) is 2.29. The van der Waals surface area contributed by atoms with E-state index in [1.54, 1.807) is 18.4 Å². The van der Waals surface area contributed by atoms with Crippen LogP contribution in [0.2, 0.25) is 0 Å². The van der Waals surface area contributed by atoms with Gasteiger partial charge in [0.15, 0.2) is 0 Å². The van der Waals surface area contributed by atoms with Gasteiger partial charge in [0.2, 0.25) is 0 Å². The Morgan fingerprint density at radius 1 is 1.41 bits per heavy atom. The summed E-state index contributed by atoms with van der Waals surface area (Å²) in [7, 11) is 1.67. The molecule has 0 radical (unpaired) electrons. The maximum Gasteiger partial charge on any atom is 0.124 e. The maximum atomic E-state index is 6.44. The summed E-state index contributed by atoms with van der Waals surface area (Å²) in [5.74, 6) is 0.828. The zero-order chi connectivity index (χ0) is 12.3. The molecule has 17 heavy (non-hydrogen) atoms. The van der Waals surface area contributed by atoms with E-state index in [4.69, 9.17) is 16.3 Å². The molecule has 0 bridgehead atoms. The minimum Gasteiger partial charge on any atom is -0.496 e. The van der Waals surface area contributed by atoms with E-state index in [0.717, 1.165) is 22.2 Å². The molecule has 0 saturated carbocycles. The van der Waals surface area contributed by atoms with Crippen molar-refractivity contribution < 1.29 is 4.74 Å². The SMILES string of the molecule is COc1cc(Br)ccc1C(Cl)Cc1ccsc1. The van der Waals surface area contributed by atoms with Crippen LogP contribution in [-0.2, 0) is 6.42 Å². The van der Waals surface area contributed by atoms with Crippen LogP contribution in [0.15, 0.2) is 39.5 Å². The molecule has 2 aromatic rings. The maximum absolute atomic E-state index is 6.44. The van der Waals surface area contributed by atoms with Crippen molar-refractivity contribution in [1.82, 2.24) is 0 Å². The van der Waals surface area contributed by atoms with Gasteiger partial charge in [0.1, 0.15) is 5.75 Å². The molecule has 1 nitrogen and oxygen atoms in total. The van der Waals surface area contributed by atoms with Crippen molar-refractivity contribution in [2.75, 3.05) is 7.11 Å². The standard InChI is InChI=1S/C13H12BrClOS/c1-16-13-7-10(14)2-3-11(13)12(15)6-9-4-5-17-8-9/h2-5,7-8,12H,6H2,1H3. The van der Waals surface area contributed by atoms with Crippen LogP contribution in [0.5, 0.6) is 5.75 Å². The highest BCUT2D eigenvalue weighted by atomic mass is 79.9. The van der Waals surface area contributed by atoms with E-state index >= 15 is 0 Å². The largest absolute Gasteiger partial charge is 0.496 e. The van der Waals surface area contributed by atoms with E-state index in [1.807, 2.05) is 18.2 Å². The minimum absolute atomic E-state index is 0.0624. The molecular formula is C13H12BrClOS. The lowest BCUT2D eigenvalue weighted by molar-refractivity contribution is 0.408. The Bertz CT molecular complexity index is 484. The van der Waals surface area contributed by atoms with Gasteiger partial charge in [-0.1, -0.05) is 22.0 Å². The molecule has 90 valence electrons. The summed E-state index contributed by atoms with van der Waals surface area (Å²) in [6.07, 6.45) is 0.822. The van der Waals surface area contributed by atoms with Gasteiger partial charge in [-0.3, -0.25) is 0 Å². The highest BCUT2D eigenvalue weighted by molar-refractivity contribution is 9.10. The smallest absolute Gasteiger partial charge is 0.124 e. The van der Waals surface area contributed by atoms with Crippen LogP contribution in [0.4, 0.5) is 0 Å². The number of halogens is 2. The lowest BCUT2D eigenvalue weighted by Crippen LogP contribution is -1.98. The number of ether oxygens (including phenoxy) is 1. The third kappa shape index (κ3) is 3.24. The van der Waals surface area contributed by atoms with Crippen LogP contribution in [0.1, 0.15) is 16.5 Å². The van der Waals surface area contributed by atoms with Crippen LogP contribution in [0, 0.1) is 0 Å². The molecule has 2 rings (SSSR count). The van der Waals surface area contributed by atoms with E-state index in [-0.39, 0.29) is 5.38 Å². The van der Waals surface area contributed by atoms with E-state index in [1.165, 1.54) is 5.56 Å². The van der Waals surface area contributed by atoms with Crippen LogP contribution < -0.4 is 4.74 Å². The second-order valence-electron chi connectivity index (χ2n) is 3.69. The number of benzene rings is 1. The predicted octanol–water partition coefficient (Wildman–Crippen LogP) is 5.04. The van der Waals surface area contributed by atoms with Gasteiger partial charge < -0.3 is 4.74 Å². The second kappa shape index (κ2) is 5.89. The van der Waals surface area contributed by atoms with Crippen molar-refractivity contribution in [2.45, 2.75) is 11.8 Å². The van der Waals surface area contributed by atoms with Crippen molar-refractivity contribution in [3.8, 4) is 5.75 Å². The third-order valence-electron chi connectivity index (χ3n) is 2.53. The number of rotatable bonds is 4. The Morgan fingerprint density at radius 2 is 2.24 bits per heavy atom. The molecule has 1 heterocycles.